The van der Waals surface area contributed by atoms with Crippen LogP contribution >= 0.6 is 0 Å². The normalized spacial score (nSPS) is 13.0. The van der Waals surface area contributed by atoms with Crippen molar-refractivity contribution in [3.63, 3.8) is 0 Å². The van der Waals surface area contributed by atoms with Gasteiger partial charge in [-0.15, -0.1) is 0 Å². The van der Waals surface area contributed by atoms with Crippen LogP contribution in [0.15, 0.2) is 109 Å². The SMILES string of the molecule is CC/C=C\C/C=C\C/C=C\C/C=C\C/C=C\C/C=C\C/C=C\CCCCCCCCCCCC(=O)OC(CO)COC(=O)CCCCCCCCCCCCC/C=C\C/C=C\CCCCCCC. The van der Waals surface area contributed by atoms with Crippen LogP contribution in [0.25, 0.3) is 0 Å². The average Bonchev–Trinajstić information content (AvgIpc) is 3.34. The Labute approximate surface area is 421 Å². The molecule has 0 aromatic heterocycles. The molecule has 0 aliphatic heterocycles. The van der Waals surface area contributed by atoms with Gasteiger partial charge in [-0.2, -0.15) is 0 Å². The highest BCUT2D eigenvalue weighted by atomic mass is 16.6. The fraction of sp³-hybridized carbons (Fsp3) is 0.683. The molecule has 5 nitrogen and oxygen atoms in total. The maximum Gasteiger partial charge on any atom is 0.306 e. The van der Waals surface area contributed by atoms with Gasteiger partial charge in [-0.05, 0) is 103 Å². The highest BCUT2D eigenvalue weighted by Crippen LogP contribution is 2.15. The van der Waals surface area contributed by atoms with E-state index in [4.69, 9.17) is 9.47 Å². The van der Waals surface area contributed by atoms with Crippen molar-refractivity contribution in [2.45, 2.75) is 264 Å². The predicted molar refractivity (Wildman–Crippen MR) is 297 cm³/mol. The standard InChI is InChI=1S/C63H106O5/c1-3-5-7-9-11-13-15-17-19-21-23-25-27-28-29-30-31-32-33-34-36-38-40-42-44-46-48-50-52-54-56-58-63(66)68-61(59-64)60-67-62(65)57-55-53-51-49-47-45-43-41-39-37-35-26-24-22-20-18-16-14-12-10-8-6-4-2/h5,7,11,13,16-19,22-25,28-29,31-32,34,36,61,64H,3-4,6,8-10,12,14-15,20-21,26-27,30,33,35,37-60H2,1-2H3/b7-5-,13-11-,18-16-,19-17-,24-22-,25-23-,29-28-,32-31-,36-34-. The van der Waals surface area contributed by atoms with Gasteiger partial charge in [0.15, 0.2) is 6.10 Å². The van der Waals surface area contributed by atoms with E-state index in [1.807, 2.05) is 0 Å². The molecule has 0 fully saturated rings. The monoisotopic (exact) mass is 943 g/mol. The highest BCUT2D eigenvalue weighted by molar-refractivity contribution is 5.70. The number of carbonyl (C=O) groups excluding carboxylic acids is 2. The summed E-state index contributed by atoms with van der Waals surface area (Å²) >= 11 is 0. The van der Waals surface area contributed by atoms with E-state index in [1.54, 1.807) is 0 Å². The molecule has 1 unspecified atom stereocenters. The lowest BCUT2D eigenvalue weighted by molar-refractivity contribution is -0.161. The van der Waals surface area contributed by atoms with E-state index in [9.17, 15) is 14.7 Å². The molecule has 0 rings (SSSR count). The van der Waals surface area contributed by atoms with Crippen LogP contribution in [0.3, 0.4) is 0 Å². The first-order chi connectivity index (χ1) is 33.6. The number of aliphatic hydroxyl groups excluding tert-OH is 1. The van der Waals surface area contributed by atoms with Gasteiger partial charge in [-0.25, -0.2) is 0 Å². The predicted octanol–water partition coefficient (Wildman–Crippen LogP) is 19.3. The summed E-state index contributed by atoms with van der Waals surface area (Å²) in [5, 5.41) is 9.66. The molecule has 0 saturated carbocycles. The molecule has 1 N–H and O–H groups in total. The second-order valence-electron chi connectivity index (χ2n) is 18.6. The van der Waals surface area contributed by atoms with Crippen molar-refractivity contribution >= 4 is 11.9 Å². The van der Waals surface area contributed by atoms with Crippen LogP contribution in [0.2, 0.25) is 0 Å². The largest absolute Gasteiger partial charge is 0.462 e. The van der Waals surface area contributed by atoms with Gasteiger partial charge in [0.25, 0.3) is 0 Å². The Hall–Kier alpha value is -3.44. The summed E-state index contributed by atoms with van der Waals surface area (Å²) in [6.07, 6.45) is 83.4. The first kappa shape index (κ1) is 64.6. The highest BCUT2D eigenvalue weighted by Gasteiger charge is 2.16. The summed E-state index contributed by atoms with van der Waals surface area (Å²) in [6, 6.07) is 0. The van der Waals surface area contributed by atoms with Crippen molar-refractivity contribution in [2.75, 3.05) is 13.2 Å². The zero-order chi connectivity index (χ0) is 49.2. The molecule has 0 aromatic rings. The maximum atomic E-state index is 12.3. The van der Waals surface area contributed by atoms with Crippen LogP contribution in [0.1, 0.15) is 258 Å². The minimum absolute atomic E-state index is 0.0741. The van der Waals surface area contributed by atoms with Gasteiger partial charge < -0.3 is 14.6 Å². The number of hydrogen-bond acceptors (Lipinski definition) is 5. The Kier molecular flexibility index (Phi) is 54.9. The van der Waals surface area contributed by atoms with Crippen LogP contribution in [0.4, 0.5) is 0 Å². The van der Waals surface area contributed by atoms with E-state index < -0.39 is 6.10 Å². The Morgan fingerprint density at radius 1 is 0.353 bits per heavy atom. The van der Waals surface area contributed by atoms with Gasteiger partial charge in [0.1, 0.15) is 6.61 Å². The third-order valence-electron chi connectivity index (χ3n) is 12.1. The first-order valence-electron chi connectivity index (χ1n) is 28.4. The summed E-state index contributed by atoms with van der Waals surface area (Å²) in [5.41, 5.74) is 0. The third kappa shape index (κ3) is 55.2. The molecule has 0 bridgehead atoms. The van der Waals surface area contributed by atoms with Crippen LogP contribution in [0.5, 0.6) is 0 Å². The topological polar surface area (TPSA) is 72.8 Å². The van der Waals surface area contributed by atoms with Crippen molar-refractivity contribution in [1.82, 2.24) is 0 Å². The molecule has 0 aliphatic rings. The molecule has 5 heteroatoms. The summed E-state index contributed by atoms with van der Waals surface area (Å²) in [5.74, 6) is -0.600. The Morgan fingerprint density at radius 3 is 0.956 bits per heavy atom. The minimum atomic E-state index is -0.784. The number of hydrogen-bond donors (Lipinski definition) is 1. The van der Waals surface area contributed by atoms with Crippen molar-refractivity contribution in [3.05, 3.63) is 109 Å². The number of carbonyl (C=O) groups is 2. The fourth-order valence-corrected chi connectivity index (χ4v) is 7.80. The van der Waals surface area contributed by atoms with Crippen LogP contribution < -0.4 is 0 Å². The maximum absolute atomic E-state index is 12.3. The van der Waals surface area contributed by atoms with Crippen LogP contribution in [0, 0.1) is 0 Å². The van der Waals surface area contributed by atoms with Crippen molar-refractivity contribution in [1.29, 1.82) is 0 Å². The van der Waals surface area contributed by atoms with Gasteiger partial charge in [0, 0.05) is 12.8 Å². The minimum Gasteiger partial charge on any atom is -0.462 e. The summed E-state index contributed by atoms with van der Waals surface area (Å²) in [6.45, 7) is 4.02. The van der Waals surface area contributed by atoms with E-state index in [0.29, 0.717) is 12.8 Å². The van der Waals surface area contributed by atoms with Crippen molar-refractivity contribution < 1.29 is 24.2 Å². The molecule has 68 heavy (non-hydrogen) atoms. The Balaban J connectivity index is 3.55. The molecule has 1 atom stereocenters. The first-order valence-corrected chi connectivity index (χ1v) is 28.4. The number of allylic oxidation sites excluding steroid dienone is 18. The molecule has 0 spiro atoms. The summed E-state index contributed by atoms with van der Waals surface area (Å²) in [4.78, 5) is 24.5. The second-order valence-corrected chi connectivity index (χ2v) is 18.6. The Morgan fingerprint density at radius 2 is 0.632 bits per heavy atom. The molecular formula is C63H106O5. The van der Waals surface area contributed by atoms with Gasteiger partial charge in [0.05, 0.1) is 6.61 Å². The molecule has 0 radical (unpaired) electrons. The molecule has 0 saturated heterocycles. The molecule has 0 heterocycles. The average molecular weight is 944 g/mol. The third-order valence-corrected chi connectivity index (χ3v) is 12.1. The zero-order valence-electron chi connectivity index (χ0n) is 44.3. The van der Waals surface area contributed by atoms with Gasteiger partial charge in [-0.1, -0.05) is 252 Å². The molecule has 0 aromatic carbocycles. The zero-order valence-corrected chi connectivity index (χ0v) is 44.3. The summed E-state index contributed by atoms with van der Waals surface area (Å²) in [7, 11) is 0. The summed E-state index contributed by atoms with van der Waals surface area (Å²) < 4.78 is 10.7. The number of esters is 2. The van der Waals surface area contributed by atoms with E-state index in [2.05, 4.69) is 123 Å². The van der Waals surface area contributed by atoms with E-state index in [-0.39, 0.29) is 25.2 Å². The van der Waals surface area contributed by atoms with Crippen LogP contribution in [-0.4, -0.2) is 36.4 Å². The number of rotatable bonds is 51. The molecule has 0 aliphatic carbocycles. The Bertz CT molecular complexity index is 1340. The van der Waals surface area contributed by atoms with E-state index >= 15 is 0 Å². The lowest BCUT2D eigenvalue weighted by Gasteiger charge is -2.15. The number of aliphatic hydroxyl groups is 1. The second kappa shape index (κ2) is 57.9. The number of ether oxygens (including phenoxy) is 2. The molecule has 0 amide bonds. The van der Waals surface area contributed by atoms with Gasteiger partial charge >= 0.3 is 11.9 Å². The van der Waals surface area contributed by atoms with Gasteiger partial charge in [-0.3, -0.25) is 9.59 Å². The van der Waals surface area contributed by atoms with Gasteiger partial charge in [0.2, 0.25) is 0 Å². The number of unbranched alkanes of at least 4 members (excludes halogenated alkanes) is 25. The quantitative estimate of drug-likeness (QED) is 0.0374. The lowest BCUT2D eigenvalue weighted by Crippen LogP contribution is -2.28. The van der Waals surface area contributed by atoms with Crippen molar-refractivity contribution in [3.8, 4) is 0 Å². The van der Waals surface area contributed by atoms with E-state index in [1.165, 1.54) is 135 Å². The molecule has 388 valence electrons. The molecular weight excluding hydrogens is 837 g/mol. The van der Waals surface area contributed by atoms with Crippen molar-refractivity contribution in [2.24, 2.45) is 0 Å². The lowest BCUT2D eigenvalue weighted by atomic mass is 10.0. The fourth-order valence-electron chi connectivity index (χ4n) is 7.80. The van der Waals surface area contributed by atoms with E-state index in [0.717, 1.165) is 96.3 Å². The van der Waals surface area contributed by atoms with Crippen LogP contribution in [-0.2, 0) is 19.1 Å². The smallest absolute Gasteiger partial charge is 0.306 e.